The van der Waals surface area contributed by atoms with Crippen molar-refractivity contribution >= 4 is 17.4 Å². The number of hydrogen-bond acceptors (Lipinski definition) is 5. The Kier molecular flexibility index (Phi) is 5.48. The molecule has 0 spiro atoms. The van der Waals surface area contributed by atoms with E-state index in [4.69, 9.17) is 15.7 Å². The number of aryl methyl sites for hydroxylation is 2. The molecule has 0 aliphatic heterocycles. The quantitative estimate of drug-likeness (QED) is 0.405. The number of nitrogen functional groups attached to an aromatic ring is 1. The third kappa shape index (κ3) is 4.55. The zero-order chi connectivity index (χ0) is 22.8. The van der Waals surface area contributed by atoms with Crippen LogP contribution in [0.1, 0.15) is 28.1 Å². The van der Waals surface area contributed by atoms with Crippen molar-refractivity contribution in [3.05, 3.63) is 101 Å². The predicted molar refractivity (Wildman–Crippen MR) is 129 cm³/mol. The summed E-state index contributed by atoms with van der Waals surface area (Å²) in [5, 5.41) is 12.5. The lowest BCUT2D eigenvalue weighted by molar-refractivity contribution is -0.115. The number of hydrogen-bond donors (Lipinski definition) is 3. The molecule has 1 aromatic heterocycles. The van der Waals surface area contributed by atoms with E-state index < -0.39 is 0 Å². The van der Waals surface area contributed by atoms with Gasteiger partial charge < -0.3 is 16.2 Å². The van der Waals surface area contributed by atoms with Gasteiger partial charge in [-0.05, 0) is 53.8 Å². The van der Waals surface area contributed by atoms with Crippen LogP contribution in [0, 0.1) is 0 Å². The minimum atomic E-state index is -0.173. The first-order valence-corrected chi connectivity index (χ1v) is 11.0. The smallest absolute Gasteiger partial charge is 0.229 e. The van der Waals surface area contributed by atoms with Crippen molar-refractivity contribution in [1.29, 1.82) is 0 Å². The fraction of sp³-hybridized carbons (Fsp3) is 0.148. The lowest BCUT2D eigenvalue weighted by Gasteiger charge is -2.21. The van der Waals surface area contributed by atoms with Gasteiger partial charge in [-0.1, -0.05) is 48.5 Å². The summed E-state index contributed by atoms with van der Waals surface area (Å²) in [7, 11) is 0. The van der Waals surface area contributed by atoms with Crippen molar-refractivity contribution in [2.75, 3.05) is 11.1 Å². The summed E-state index contributed by atoms with van der Waals surface area (Å²) in [6.45, 7) is 0. The Hall–Kier alpha value is -4.19. The molecule has 6 nitrogen and oxygen atoms in total. The van der Waals surface area contributed by atoms with Gasteiger partial charge in [-0.3, -0.25) is 4.79 Å². The number of aromatic nitrogens is 2. The van der Waals surface area contributed by atoms with Crippen LogP contribution in [0.25, 0.3) is 11.3 Å². The third-order valence-electron chi connectivity index (χ3n) is 5.83. The highest BCUT2D eigenvalue weighted by Crippen LogP contribution is 2.34. The highest BCUT2D eigenvalue weighted by molar-refractivity contribution is 5.92. The molecule has 0 atom stereocenters. The molecular weight excluding hydrogens is 412 g/mol. The number of fused-ring (bicyclic) bond motifs is 3. The third-order valence-corrected chi connectivity index (χ3v) is 5.83. The largest absolute Gasteiger partial charge is 0.508 e. The van der Waals surface area contributed by atoms with Crippen LogP contribution >= 0.6 is 0 Å². The molecule has 1 amide bonds. The summed E-state index contributed by atoms with van der Waals surface area (Å²) in [6.07, 6.45) is 2.32. The van der Waals surface area contributed by atoms with Gasteiger partial charge in [-0.2, -0.15) is 0 Å². The van der Waals surface area contributed by atoms with E-state index in [9.17, 15) is 9.90 Å². The molecule has 4 N–H and O–H groups in total. The second-order valence-corrected chi connectivity index (χ2v) is 8.28. The van der Waals surface area contributed by atoms with Gasteiger partial charge >= 0.3 is 0 Å². The Bertz CT molecular complexity index is 1320. The molecule has 3 aromatic carbocycles. The molecule has 4 aromatic rings. The van der Waals surface area contributed by atoms with Crippen molar-refractivity contribution < 1.29 is 9.90 Å². The lowest BCUT2D eigenvalue weighted by Crippen LogP contribution is -2.20. The molecule has 1 heterocycles. The Morgan fingerprint density at radius 3 is 2.52 bits per heavy atom. The second-order valence-electron chi connectivity index (χ2n) is 8.28. The van der Waals surface area contributed by atoms with Crippen LogP contribution in [0.5, 0.6) is 5.75 Å². The van der Waals surface area contributed by atoms with E-state index in [1.807, 2.05) is 48.5 Å². The van der Waals surface area contributed by atoms with Crippen molar-refractivity contribution in [2.45, 2.75) is 25.7 Å². The van der Waals surface area contributed by atoms with Gasteiger partial charge in [0.1, 0.15) is 5.75 Å². The Morgan fingerprint density at radius 2 is 1.73 bits per heavy atom. The monoisotopic (exact) mass is 436 g/mol. The van der Waals surface area contributed by atoms with Crippen molar-refractivity contribution in [3.8, 4) is 17.0 Å². The number of phenolic OH excluding ortho intramolecular Hbond substituents is 1. The number of carbonyl (C=O) groups excluding carboxylic acids is 1. The molecule has 0 unspecified atom stereocenters. The van der Waals surface area contributed by atoms with E-state index in [1.54, 1.807) is 24.3 Å². The van der Waals surface area contributed by atoms with Gasteiger partial charge in [0.25, 0.3) is 0 Å². The first kappa shape index (κ1) is 20.7. The molecule has 0 radical (unpaired) electrons. The first-order valence-electron chi connectivity index (χ1n) is 11.0. The van der Waals surface area contributed by atoms with E-state index in [0.29, 0.717) is 12.2 Å². The zero-order valence-corrected chi connectivity index (χ0v) is 18.1. The fourth-order valence-corrected chi connectivity index (χ4v) is 4.19. The number of aromatic hydroxyl groups is 1. The van der Waals surface area contributed by atoms with Crippen molar-refractivity contribution in [1.82, 2.24) is 9.97 Å². The highest BCUT2D eigenvalue weighted by atomic mass is 16.3. The van der Waals surface area contributed by atoms with Crippen LogP contribution in [0.2, 0.25) is 0 Å². The van der Waals surface area contributed by atoms with Gasteiger partial charge in [-0.25, -0.2) is 9.97 Å². The number of phenols is 1. The van der Waals surface area contributed by atoms with Crippen LogP contribution in [0.15, 0.2) is 72.8 Å². The standard InChI is InChI=1S/C27H24N4O2/c28-20-9-12-22-19(16-20)8-13-23-26(22)29-24(14-17-4-2-1-3-5-17)27(30-23)31-25(33)15-18-6-10-21(32)11-7-18/h1-7,9-12,16,32H,8,13-15,28H2,(H,30,31,33). The maximum atomic E-state index is 12.8. The average Bonchev–Trinajstić information content (AvgIpc) is 2.81. The number of amides is 1. The summed E-state index contributed by atoms with van der Waals surface area (Å²) in [5.74, 6) is 0.500. The molecule has 5 rings (SSSR count). The SMILES string of the molecule is Nc1ccc2c(c1)CCc1nc(NC(=O)Cc3ccc(O)cc3)c(Cc3ccccc3)nc1-2. The van der Waals surface area contributed by atoms with E-state index in [1.165, 1.54) is 5.56 Å². The maximum absolute atomic E-state index is 12.8. The van der Waals surface area contributed by atoms with Crippen molar-refractivity contribution in [3.63, 3.8) is 0 Å². The zero-order valence-electron chi connectivity index (χ0n) is 18.1. The topological polar surface area (TPSA) is 101 Å². The predicted octanol–water partition coefficient (Wildman–Crippen LogP) is 4.30. The minimum Gasteiger partial charge on any atom is -0.508 e. The first-order chi connectivity index (χ1) is 16.0. The van der Waals surface area contributed by atoms with E-state index in [2.05, 4.69) is 5.32 Å². The number of anilines is 2. The summed E-state index contributed by atoms with van der Waals surface area (Å²) in [6, 6.07) is 22.6. The number of nitrogens with two attached hydrogens (primary N) is 1. The van der Waals surface area contributed by atoms with Gasteiger partial charge in [0.15, 0.2) is 5.82 Å². The number of rotatable bonds is 5. The Balaban J connectivity index is 1.50. The average molecular weight is 437 g/mol. The molecule has 0 saturated heterocycles. The molecule has 6 heteroatoms. The Labute approximate surface area is 192 Å². The number of benzene rings is 3. The molecular formula is C27H24N4O2. The molecule has 33 heavy (non-hydrogen) atoms. The van der Waals surface area contributed by atoms with Crippen LogP contribution in [0.3, 0.4) is 0 Å². The fourth-order valence-electron chi connectivity index (χ4n) is 4.19. The molecule has 1 aliphatic carbocycles. The van der Waals surface area contributed by atoms with Gasteiger partial charge in [-0.15, -0.1) is 0 Å². The molecule has 1 aliphatic rings. The highest BCUT2D eigenvalue weighted by Gasteiger charge is 2.22. The van der Waals surface area contributed by atoms with Crippen LogP contribution in [-0.2, 0) is 30.5 Å². The molecule has 0 saturated carbocycles. The van der Waals surface area contributed by atoms with E-state index >= 15 is 0 Å². The van der Waals surface area contributed by atoms with Gasteiger partial charge in [0, 0.05) is 17.7 Å². The summed E-state index contributed by atoms with van der Waals surface area (Å²) in [4.78, 5) is 22.7. The van der Waals surface area contributed by atoms with E-state index in [-0.39, 0.29) is 18.1 Å². The van der Waals surface area contributed by atoms with Crippen LogP contribution in [0.4, 0.5) is 11.5 Å². The summed E-state index contributed by atoms with van der Waals surface area (Å²) < 4.78 is 0. The van der Waals surface area contributed by atoms with Gasteiger partial charge in [0.05, 0.1) is 23.5 Å². The van der Waals surface area contributed by atoms with E-state index in [0.717, 1.165) is 52.3 Å². The van der Waals surface area contributed by atoms with Gasteiger partial charge in [0.2, 0.25) is 5.91 Å². The number of nitrogens with zero attached hydrogens (tertiary/aromatic N) is 2. The molecule has 0 fully saturated rings. The second kappa shape index (κ2) is 8.74. The summed E-state index contributed by atoms with van der Waals surface area (Å²) >= 11 is 0. The summed E-state index contributed by atoms with van der Waals surface area (Å²) in [5.41, 5.74) is 13.3. The maximum Gasteiger partial charge on any atom is 0.229 e. The number of nitrogens with one attached hydrogen (secondary N) is 1. The molecule has 164 valence electrons. The van der Waals surface area contributed by atoms with Crippen molar-refractivity contribution in [2.24, 2.45) is 0 Å². The normalized spacial score (nSPS) is 12.0. The molecule has 0 bridgehead atoms. The minimum absolute atomic E-state index is 0.173. The van der Waals surface area contributed by atoms with Crippen LogP contribution in [-0.4, -0.2) is 21.0 Å². The van der Waals surface area contributed by atoms with Crippen LogP contribution < -0.4 is 11.1 Å². The lowest BCUT2D eigenvalue weighted by atomic mass is 9.91. The number of carbonyl (C=O) groups is 1. The Morgan fingerprint density at radius 1 is 0.939 bits per heavy atom.